The molecule has 0 bridgehead atoms. The molecule has 0 aliphatic carbocycles. The molecule has 1 fully saturated rings. The number of rotatable bonds is 6. The molecular weight excluding hydrogens is 408 g/mol. The quantitative estimate of drug-likeness (QED) is 0.434. The molecule has 0 spiro atoms. The first-order valence-electron chi connectivity index (χ1n) is 10.5. The van der Waals surface area contributed by atoms with E-state index in [1.54, 1.807) is 6.20 Å². The number of para-hydroxylation sites is 1. The standard InChI is InChI=1S/C25H23ClN4O/c26-19-10-8-18(9-11-19)16-28-24-15-23(21-5-1-2-6-22(21)29-24)30-14-12-20(17-30)31-25-7-3-4-13-27-25/h1-11,13,15,20H,12,14,16-17H2,(H,28,29). The van der Waals surface area contributed by atoms with Gasteiger partial charge < -0.3 is 15.0 Å². The number of aromatic nitrogens is 2. The predicted molar refractivity (Wildman–Crippen MR) is 126 cm³/mol. The zero-order chi connectivity index (χ0) is 21.0. The van der Waals surface area contributed by atoms with Gasteiger partial charge in [-0.1, -0.05) is 48.0 Å². The molecule has 6 heteroatoms. The number of benzene rings is 2. The molecule has 0 amide bonds. The first kappa shape index (κ1) is 19.6. The van der Waals surface area contributed by atoms with E-state index >= 15 is 0 Å². The van der Waals surface area contributed by atoms with Gasteiger partial charge in [-0.25, -0.2) is 9.97 Å². The van der Waals surface area contributed by atoms with Gasteiger partial charge in [0.1, 0.15) is 11.9 Å². The van der Waals surface area contributed by atoms with Gasteiger partial charge >= 0.3 is 0 Å². The lowest BCUT2D eigenvalue weighted by atomic mass is 10.1. The Hall–Kier alpha value is -3.31. The van der Waals surface area contributed by atoms with Crippen LogP contribution in [0.4, 0.5) is 11.5 Å². The minimum absolute atomic E-state index is 0.118. The van der Waals surface area contributed by atoms with Gasteiger partial charge in [-0.15, -0.1) is 0 Å². The van der Waals surface area contributed by atoms with E-state index in [1.807, 2.05) is 48.5 Å². The van der Waals surface area contributed by atoms with E-state index in [-0.39, 0.29) is 6.10 Å². The summed E-state index contributed by atoms with van der Waals surface area (Å²) in [5.74, 6) is 1.54. The molecular formula is C25H23ClN4O. The summed E-state index contributed by atoms with van der Waals surface area (Å²) in [6, 6.07) is 24.0. The molecule has 5 rings (SSSR count). The highest BCUT2D eigenvalue weighted by Gasteiger charge is 2.26. The number of nitrogens with zero attached hydrogens (tertiary/aromatic N) is 3. The fourth-order valence-corrected chi connectivity index (χ4v) is 4.06. The van der Waals surface area contributed by atoms with Crippen LogP contribution in [-0.2, 0) is 6.54 Å². The number of hydrogen-bond acceptors (Lipinski definition) is 5. The molecule has 1 aliphatic heterocycles. The Morgan fingerprint density at radius 2 is 1.87 bits per heavy atom. The van der Waals surface area contributed by atoms with Crippen LogP contribution in [0.1, 0.15) is 12.0 Å². The van der Waals surface area contributed by atoms with E-state index in [0.717, 1.165) is 46.8 Å². The summed E-state index contributed by atoms with van der Waals surface area (Å²) >= 11 is 6.00. The number of pyridine rings is 2. The first-order valence-corrected chi connectivity index (χ1v) is 10.8. The normalized spacial score (nSPS) is 15.9. The topological polar surface area (TPSA) is 50.3 Å². The summed E-state index contributed by atoms with van der Waals surface area (Å²) in [4.78, 5) is 11.5. The van der Waals surface area contributed by atoms with E-state index in [1.165, 1.54) is 5.69 Å². The average molecular weight is 431 g/mol. The summed E-state index contributed by atoms with van der Waals surface area (Å²) in [5, 5.41) is 5.36. The highest BCUT2D eigenvalue weighted by atomic mass is 35.5. The van der Waals surface area contributed by atoms with Crippen molar-refractivity contribution in [2.45, 2.75) is 19.1 Å². The summed E-state index contributed by atoms with van der Waals surface area (Å²) < 4.78 is 6.09. The van der Waals surface area contributed by atoms with Crippen molar-refractivity contribution in [3.63, 3.8) is 0 Å². The van der Waals surface area contributed by atoms with Crippen molar-refractivity contribution >= 4 is 34.0 Å². The van der Waals surface area contributed by atoms with E-state index in [9.17, 15) is 0 Å². The number of halogens is 1. The van der Waals surface area contributed by atoms with Crippen LogP contribution in [0.15, 0.2) is 79.0 Å². The van der Waals surface area contributed by atoms with Crippen LogP contribution in [0, 0.1) is 0 Å². The highest BCUT2D eigenvalue weighted by Crippen LogP contribution is 2.32. The van der Waals surface area contributed by atoms with Crippen molar-refractivity contribution in [2.75, 3.05) is 23.3 Å². The molecule has 5 nitrogen and oxygen atoms in total. The lowest BCUT2D eigenvalue weighted by molar-refractivity contribution is 0.216. The number of nitrogens with one attached hydrogen (secondary N) is 1. The van der Waals surface area contributed by atoms with Gasteiger partial charge in [0.05, 0.1) is 12.1 Å². The van der Waals surface area contributed by atoms with Gasteiger partial charge in [-0.3, -0.25) is 0 Å². The maximum absolute atomic E-state index is 6.09. The molecule has 1 atom stereocenters. The SMILES string of the molecule is Clc1ccc(CNc2cc(N3CCC(Oc4ccccn4)C3)c3ccccc3n2)cc1. The number of anilines is 2. The van der Waals surface area contributed by atoms with Gasteiger partial charge in [0, 0.05) is 53.9 Å². The van der Waals surface area contributed by atoms with Crippen LogP contribution in [-0.4, -0.2) is 29.2 Å². The fourth-order valence-electron chi connectivity index (χ4n) is 3.93. The molecule has 2 aromatic heterocycles. The molecule has 4 aromatic rings. The Labute approximate surface area is 186 Å². The van der Waals surface area contributed by atoms with Crippen LogP contribution in [0.2, 0.25) is 5.02 Å². The van der Waals surface area contributed by atoms with Crippen molar-refractivity contribution < 1.29 is 4.74 Å². The highest BCUT2D eigenvalue weighted by molar-refractivity contribution is 6.30. The van der Waals surface area contributed by atoms with Crippen LogP contribution >= 0.6 is 11.6 Å². The van der Waals surface area contributed by atoms with Crippen molar-refractivity contribution in [1.82, 2.24) is 9.97 Å². The van der Waals surface area contributed by atoms with Crippen molar-refractivity contribution in [1.29, 1.82) is 0 Å². The lowest BCUT2D eigenvalue weighted by Gasteiger charge is -2.22. The number of fused-ring (bicyclic) bond motifs is 1. The lowest BCUT2D eigenvalue weighted by Crippen LogP contribution is -2.25. The third kappa shape index (κ3) is 4.57. The number of hydrogen-bond donors (Lipinski definition) is 1. The van der Waals surface area contributed by atoms with E-state index < -0.39 is 0 Å². The average Bonchev–Trinajstić information content (AvgIpc) is 3.27. The zero-order valence-electron chi connectivity index (χ0n) is 17.0. The third-order valence-corrected chi connectivity index (χ3v) is 5.74. The summed E-state index contributed by atoms with van der Waals surface area (Å²) in [6.45, 7) is 2.44. The van der Waals surface area contributed by atoms with Crippen LogP contribution in [0.3, 0.4) is 0 Å². The largest absolute Gasteiger partial charge is 0.472 e. The Balaban J connectivity index is 1.36. The molecule has 3 heterocycles. The molecule has 1 saturated heterocycles. The fraction of sp³-hybridized carbons (Fsp3) is 0.200. The molecule has 1 N–H and O–H groups in total. The van der Waals surface area contributed by atoms with Gasteiger partial charge in [-0.05, 0) is 29.8 Å². The van der Waals surface area contributed by atoms with Gasteiger partial charge in [0.25, 0.3) is 0 Å². The van der Waals surface area contributed by atoms with Gasteiger partial charge in [0.2, 0.25) is 5.88 Å². The minimum atomic E-state index is 0.118. The smallest absolute Gasteiger partial charge is 0.213 e. The molecule has 31 heavy (non-hydrogen) atoms. The molecule has 1 aliphatic rings. The van der Waals surface area contributed by atoms with Crippen molar-refractivity contribution in [3.05, 3.63) is 89.6 Å². The van der Waals surface area contributed by atoms with Crippen LogP contribution in [0.25, 0.3) is 10.9 Å². The minimum Gasteiger partial charge on any atom is -0.472 e. The number of ether oxygens (including phenoxy) is 1. The van der Waals surface area contributed by atoms with Crippen molar-refractivity contribution in [2.24, 2.45) is 0 Å². The van der Waals surface area contributed by atoms with Gasteiger partial charge in [-0.2, -0.15) is 0 Å². The second kappa shape index (κ2) is 8.82. The Morgan fingerprint density at radius 3 is 2.71 bits per heavy atom. The van der Waals surface area contributed by atoms with E-state index in [0.29, 0.717) is 12.4 Å². The summed E-state index contributed by atoms with van der Waals surface area (Å²) in [6.07, 6.45) is 2.84. The molecule has 2 aromatic carbocycles. The first-order chi connectivity index (χ1) is 15.2. The summed E-state index contributed by atoms with van der Waals surface area (Å²) in [7, 11) is 0. The third-order valence-electron chi connectivity index (χ3n) is 5.49. The Kier molecular flexibility index (Phi) is 5.59. The Bertz CT molecular complexity index is 1170. The molecule has 156 valence electrons. The van der Waals surface area contributed by atoms with E-state index in [2.05, 4.69) is 39.5 Å². The zero-order valence-corrected chi connectivity index (χ0v) is 17.8. The molecule has 1 unspecified atom stereocenters. The second-order valence-electron chi connectivity index (χ2n) is 7.67. The van der Waals surface area contributed by atoms with Crippen molar-refractivity contribution in [3.8, 4) is 5.88 Å². The van der Waals surface area contributed by atoms with Gasteiger partial charge in [0.15, 0.2) is 0 Å². The van der Waals surface area contributed by atoms with Crippen LogP contribution in [0.5, 0.6) is 5.88 Å². The Morgan fingerprint density at radius 1 is 1.03 bits per heavy atom. The monoisotopic (exact) mass is 430 g/mol. The predicted octanol–water partition coefficient (Wildman–Crippen LogP) is 5.55. The maximum Gasteiger partial charge on any atom is 0.213 e. The van der Waals surface area contributed by atoms with Crippen LogP contribution < -0.4 is 15.0 Å². The summed E-state index contributed by atoms with van der Waals surface area (Å²) in [5.41, 5.74) is 3.31. The van der Waals surface area contributed by atoms with E-state index in [4.69, 9.17) is 21.3 Å². The maximum atomic E-state index is 6.09. The second-order valence-corrected chi connectivity index (χ2v) is 8.10. The molecule has 0 radical (unpaired) electrons. The molecule has 0 saturated carbocycles.